The molecule has 3 heterocycles. The zero-order chi connectivity index (χ0) is 13.2. The van der Waals surface area contributed by atoms with Gasteiger partial charge in [0.15, 0.2) is 0 Å². The minimum atomic E-state index is 0.0777. The Hall–Kier alpha value is -1.72. The summed E-state index contributed by atoms with van der Waals surface area (Å²) in [5.74, 6) is 1.03. The number of imidazole rings is 1. The van der Waals surface area contributed by atoms with E-state index >= 15 is 0 Å². The molecule has 98 valence electrons. The molecule has 3 rings (SSSR count). The predicted octanol–water partition coefficient (Wildman–Crippen LogP) is 2.82. The molecule has 0 saturated heterocycles. The molecule has 0 amide bonds. The first-order chi connectivity index (χ1) is 9.33. The Morgan fingerprint density at radius 2 is 2.32 bits per heavy atom. The van der Waals surface area contributed by atoms with Gasteiger partial charge < -0.3 is 9.88 Å². The predicted molar refractivity (Wildman–Crippen MR) is 78.4 cm³/mol. The van der Waals surface area contributed by atoms with E-state index in [0.717, 1.165) is 23.4 Å². The molecule has 0 radical (unpaired) electrons. The Bertz CT molecular complexity index is 685. The Balaban J connectivity index is 2.06. The molecule has 0 aliphatic heterocycles. The Labute approximate surface area is 116 Å². The molecule has 3 aromatic rings. The first kappa shape index (κ1) is 12.3. The summed E-state index contributed by atoms with van der Waals surface area (Å²) in [6, 6.07) is 4.32. The average Bonchev–Trinajstić information content (AvgIpc) is 3.07. The van der Waals surface area contributed by atoms with Crippen LogP contribution in [0, 0.1) is 0 Å². The van der Waals surface area contributed by atoms with Crippen molar-refractivity contribution in [2.75, 3.05) is 7.05 Å². The van der Waals surface area contributed by atoms with Crippen molar-refractivity contribution < 1.29 is 0 Å². The highest BCUT2D eigenvalue weighted by Gasteiger charge is 2.17. The van der Waals surface area contributed by atoms with E-state index in [4.69, 9.17) is 0 Å². The largest absolute Gasteiger partial charge is 0.334 e. The highest BCUT2D eigenvalue weighted by atomic mass is 32.1. The van der Waals surface area contributed by atoms with E-state index in [-0.39, 0.29) is 6.04 Å². The van der Waals surface area contributed by atoms with Gasteiger partial charge in [-0.1, -0.05) is 0 Å². The number of nitrogens with one attached hydrogen (secondary N) is 1. The van der Waals surface area contributed by atoms with Crippen LogP contribution in [0.4, 0.5) is 0 Å². The van der Waals surface area contributed by atoms with Crippen LogP contribution in [-0.2, 0) is 6.54 Å². The normalized spacial score (nSPS) is 12.9. The van der Waals surface area contributed by atoms with E-state index in [1.165, 1.54) is 4.70 Å². The molecule has 3 aromatic heterocycles. The van der Waals surface area contributed by atoms with Crippen LogP contribution >= 0.6 is 11.3 Å². The lowest BCUT2D eigenvalue weighted by molar-refractivity contribution is 0.589. The number of aryl methyl sites for hydroxylation is 1. The van der Waals surface area contributed by atoms with Gasteiger partial charge in [-0.25, -0.2) is 4.98 Å². The number of aromatic nitrogens is 3. The molecular weight excluding hydrogens is 256 g/mol. The maximum atomic E-state index is 4.51. The SMILES string of the molecule is CCn1ccnc1C(NC)c1cnc2ccsc2c1. The molecule has 1 N–H and O–H groups in total. The van der Waals surface area contributed by atoms with Crippen LogP contribution in [0.2, 0.25) is 0 Å². The third-order valence-corrected chi connectivity index (χ3v) is 4.15. The first-order valence-electron chi connectivity index (χ1n) is 6.35. The van der Waals surface area contributed by atoms with Gasteiger partial charge in [0.05, 0.1) is 16.3 Å². The van der Waals surface area contributed by atoms with Gasteiger partial charge in [0.25, 0.3) is 0 Å². The standard InChI is InChI=1S/C14H16N4S/c1-3-18-6-5-16-14(18)13(15-2)10-8-12-11(17-9-10)4-7-19-12/h4-9,13,15H,3H2,1-2H3. The van der Waals surface area contributed by atoms with E-state index in [9.17, 15) is 0 Å². The quantitative estimate of drug-likeness (QED) is 0.794. The minimum Gasteiger partial charge on any atom is -0.334 e. The summed E-state index contributed by atoms with van der Waals surface area (Å²) < 4.78 is 3.37. The van der Waals surface area contributed by atoms with Crippen molar-refractivity contribution in [1.82, 2.24) is 19.9 Å². The second-order valence-electron chi connectivity index (χ2n) is 4.37. The number of pyridine rings is 1. The highest BCUT2D eigenvalue weighted by molar-refractivity contribution is 7.17. The molecule has 4 nitrogen and oxygen atoms in total. The van der Waals surface area contributed by atoms with Crippen LogP contribution in [0.25, 0.3) is 10.2 Å². The van der Waals surface area contributed by atoms with Gasteiger partial charge in [-0.05, 0) is 37.0 Å². The van der Waals surface area contributed by atoms with E-state index in [2.05, 4.69) is 38.2 Å². The zero-order valence-electron chi connectivity index (χ0n) is 11.0. The summed E-state index contributed by atoms with van der Waals surface area (Å²) in [6.07, 6.45) is 5.79. The van der Waals surface area contributed by atoms with Gasteiger partial charge in [-0.3, -0.25) is 4.98 Å². The van der Waals surface area contributed by atoms with Crippen LogP contribution in [0.15, 0.2) is 36.1 Å². The zero-order valence-corrected chi connectivity index (χ0v) is 11.8. The monoisotopic (exact) mass is 272 g/mol. The fraction of sp³-hybridized carbons (Fsp3) is 0.286. The summed E-state index contributed by atoms with van der Waals surface area (Å²) in [5, 5.41) is 5.41. The van der Waals surface area contributed by atoms with Crippen molar-refractivity contribution in [2.24, 2.45) is 0 Å². The van der Waals surface area contributed by atoms with Crippen LogP contribution in [0.5, 0.6) is 0 Å². The number of thiophene rings is 1. The van der Waals surface area contributed by atoms with Gasteiger partial charge >= 0.3 is 0 Å². The minimum absolute atomic E-state index is 0.0777. The molecule has 0 aliphatic carbocycles. The van der Waals surface area contributed by atoms with Crippen molar-refractivity contribution in [2.45, 2.75) is 19.5 Å². The second kappa shape index (κ2) is 5.11. The summed E-state index contributed by atoms with van der Waals surface area (Å²) in [4.78, 5) is 8.99. The molecular formula is C14H16N4S. The molecule has 1 atom stereocenters. The number of hydrogen-bond donors (Lipinski definition) is 1. The van der Waals surface area contributed by atoms with Crippen LogP contribution in [0.1, 0.15) is 24.4 Å². The molecule has 0 saturated carbocycles. The third kappa shape index (κ3) is 2.15. The number of fused-ring (bicyclic) bond motifs is 1. The van der Waals surface area contributed by atoms with Crippen LogP contribution < -0.4 is 5.32 Å². The first-order valence-corrected chi connectivity index (χ1v) is 7.23. The van der Waals surface area contributed by atoms with E-state index in [0.29, 0.717) is 0 Å². The van der Waals surface area contributed by atoms with E-state index in [1.807, 2.05) is 31.7 Å². The van der Waals surface area contributed by atoms with Gasteiger partial charge in [-0.2, -0.15) is 0 Å². The summed E-state index contributed by atoms with van der Waals surface area (Å²) in [5.41, 5.74) is 2.21. The number of nitrogens with zero attached hydrogens (tertiary/aromatic N) is 3. The summed E-state index contributed by atoms with van der Waals surface area (Å²) in [7, 11) is 1.96. The van der Waals surface area contributed by atoms with Gasteiger partial charge in [0.1, 0.15) is 5.82 Å². The Morgan fingerprint density at radius 3 is 3.11 bits per heavy atom. The molecule has 0 bridgehead atoms. The summed E-state index contributed by atoms with van der Waals surface area (Å²) >= 11 is 1.72. The van der Waals surface area contributed by atoms with Crippen molar-refractivity contribution in [1.29, 1.82) is 0 Å². The molecule has 0 spiro atoms. The maximum Gasteiger partial charge on any atom is 0.130 e. The topological polar surface area (TPSA) is 42.7 Å². The number of rotatable bonds is 4. The van der Waals surface area contributed by atoms with Crippen molar-refractivity contribution >= 4 is 21.6 Å². The average molecular weight is 272 g/mol. The molecule has 0 fully saturated rings. The van der Waals surface area contributed by atoms with Crippen molar-refractivity contribution in [3.63, 3.8) is 0 Å². The van der Waals surface area contributed by atoms with E-state index in [1.54, 1.807) is 11.3 Å². The smallest absolute Gasteiger partial charge is 0.130 e. The Kier molecular flexibility index (Phi) is 3.31. The fourth-order valence-corrected chi connectivity index (χ4v) is 3.10. The lowest BCUT2D eigenvalue weighted by Crippen LogP contribution is -2.22. The van der Waals surface area contributed by atoms with Crippen molar-refractivity contribution in [3.8, 4) is 0 Å². The van der Waals surface area contributed by atoms with Gasteiger partial charge in [0.2, 0.25) is 0 Å². The highest BCUT2D eigenvalue weighted by Crippen LogP contribution is 2.25. The number of hydrogen-bond acceptors (Lipinski definition) is 4. The molecule has 1 unspecified atom stereocenters. The maximum absolute atomic E-state index is 4.51. The molecule has 5 heteroatoms. The molecule has 0 aromatic carbocycles. The van der Waals surface area contributed by atoms with Gasteiger partial charge in [-0.15, -0.1) is 11.3 Å². The van der Waals surface area contributed by atoms with Crippen molar-refractivity contribution in [3.05, 3.63) is 47.5 Å². The van der Waals surface area contributed by atoms with Crippen LogP contribution in [0.3, 0.4) is 0 Å². The van der Waals surface area contributed by atoms with E-state index < -0.39 is 0 Å². The Morgan fingerprint density at radius 1 is 1.42 bits per heavy atom. The van der Waals surface area contributed by atoms with Gasteiger partial charge in [0, 0.05) is 25.1 Å². The van der Waals surface area contributed by atoms with Crippen LogP contribution in [-0.4, -0.2) is 21.6 Å². The third-order valence-electron chi connectivity index (χ3n) is 3.29. The lowest BCUT2D eigenvalue weighted by atomic mass is 10.1. The summed E-state index contributed by atoms with van der Waals surface area (Å²) in [6.45, 7) is 3.04. The lowest BCUT2D eigenvalue weighted by Gasteiger charge is -2.17. The molecule has 19 heavy (non-hydrogen) atoms. The second-order valence-corrected chi connectivity index (χ2v) is 5.31. The fourth-order valence-electron chi connectivity index (χ4n) is 2.31. The molecule has 0 aliphatic rings.